The quantitative estimate of drug-likeness (QED) is 0.200. The molecule has 0 atom stereocenters. The molecule has 0 unspecified atom stereocenters. The monoisotopic (exact) mass is 567 g/mol. The molecule has 8 rings (SSSR count). The number of aryl methyl sites for hydroxylation is 1. The van der Waals surface area contributed by atoms with E-state index in [0.717, 1.165) is 19.5 Å². The Morgan fingerprint density at radius 2 is 1.20 bits per heavy atom. The molecule has 6 aromatic carbocycles. The van der Waals surface area contributed by atoms with E-state index in [1.165, 1.54) is 82.5 Å². The summed E-state index contributed by atoms with van der Waals surface area (Å²) < 4.78 is 0. The van der Waals surface area contributed by atoms with Crippen molar-refractivity contribution in [2.75, 3.05) is 13.1 Å². The number of rotatable bonds is 5. The van der Waals surface area contributed by atoms with Crippen molar-refractivity contribution in [2.24, 2.45) is 0 Å². The molecule has 0 saturated carbocycles. The molecule has 3 N–H and O–H groups in total. The Morgan fingerprint density at radius 1 is 0.591 bits per heavy atom. The van der Waals surface area contributed by atoms with Crippen LogP contribution < -0.4 is 10.6 Å². The van der Waals surface area contributed by atoms with Gasteiger partial charge in [-0.25, -0.2) is 0 Å². The highest BCUT2D eigenvalue weighted by atomic mass is 14.9. The first kappa shape index (κ1) is 26.4. The summed E-state index contributed by atoms with van der Waals surface area (Å²) in [4.78, 5) is 0. The first-order valence-electron chi connectivity index (χ1n) is 15.7. The number of fused-ring (bicyclic) bond motifs is 3. The van der Waals surface area contributed by atoms with Gasteiger partial charge in [-0.3, -0.25) is 0 Å². The molecule has 2 aliphatic rings. The lowest BCUT2D eigenvalue weighted by Crippen LogP contribution is -2.78. The van der Waals surface area contributed by atoms with Gasteiger partial charge in [0.05, 0.1) is 12.7 Å². The second-order valence-corrected chi connectivity index (χ2v) is 11.7. The van der Waals surface area contributed by atoms with E-state index >= 15 is 0 Å². The van der Waals surface area contributed by atoms with Crippen molar-refractivity contribution in [3.05, 3.63) is 162 Å². The van der Waals surface area contributed by atoms with E-state index in [0.29, 0.717) is 0 Å². The molecule has 2 heterocycles. The molecular weight excluding hydrogens is 532 g/mol. The van der Waals surface area contributed by atoms with Gasteiger partial charge in [0, 0.05) is 23.9 Å². The number of dihydropyridines is 1. The van der Waals surface area contributed by atoms with Gasteiger partial charge < -0.3 is 10.6 Å². The fourth-order valence-corrected chi connectivity index (χ4v) is 7.04. The number of quaternary nitrogens is 1. The Bertz CT molecular complexity index is 2140. The van der Waals surface area contributed by atoms with Crippen LogP contribution in [0, 0.1) is 0 Å². The average Bonchev–Trinajstić information content (AvgIpc) is 3.10. The molecule has 44 heavy (non-hydrogen) atoms. The van der Waals surface area contributed by atoms with Gasteiger partial charge in [0.25, 0.3) is 0 Å². The van der Waals surface area contributed by atoms with Gasteiger partial charge >= 0.3 is 0 Å². The fraction of sp³-hybridized carbons (Fsp3) is 0.0952. The zero-order valence-electron chi connectivity index (χ0n) is 25.0. The third-order valence-electron chi connectivity index (χ3n) is 9.20. The van der Waals surface area contributed by atoms with Crippen LogP contribution in [-0.2, 0) is 6.42 Å². The van der Waals surface area contributed by atoms with Crippen molar-refractivity contribution in [2.45, 2.75) is 13.3 Å². The molecule has 0 radical (unpaired) electrons. The first-order chi connectivity index (χ1) is 21.8. The third kappa shape index (κ3) is 4.47. The molecule has 0 spiro atoms. The molecule has 0 amide bonds. The molecule has 0 saturated heterocycles. The molecule has 2 nitrogen and oxygen atoms in total. The number of benzene rings is 6. The van der Waals surface area contributed by atoms with Crippen LogP contribution in [0.2, 0.25) is 0 Å². The lowest BCUT2D eigenvalue weighted by molar-refractivity contribution is -0.578. The van der Waals surface area contributed by atoms with E-state index < -0.39 is 0 Å². The van der Waals surface area contributed by atoms with Crippen molar-refractivity contribution in [1.29, 1.82) is 0 Å². The van der Waals surface area contributed by atoms with Gasteiger partial charge in [0.15, 0.2) is 0 Å². The maximum absolute atomic E-state index is 3.59. The van der Waals surface area contributed by atoms with Gasteiger partial charge in [0.1, 0.15) is 0 Å². The van der Waals surface area contributed by atoms with Gasteiger partial charge in [-0.2, -0.15) is 0 Å². The largest absolute Gasteiger partial charge is 0.381 e. The maximum atomic E-state index is 3.59. The topological polar surface area (TPSA) is 28.6 Å². The smallest absolute Gasteiger partial charge is 0.0993 e. The van der Waals surface area contributed by atoms with Gasteiger partial charge in [-0.1, -0.05) is 122 Å². The van der Waals surface area contributed by atoms with Crippen LogP contribution in [0.25, 0.3) is 60.1 Å². The summed E-state index contributed by atoms with van der Waals surface area (Å²) in [5.41, 5.74) is 11.5. The Balaban J connectivity index is 1.36. The van der Waals surface area contributed by atoms with E-state index in [1.54, 1.807) is 0 Å². The predicted molar refractivity (Wildman–Crippen MR) is 187 cm³/mol. The standard InChI is InChI=1S/C42H34N2/c1-2-28-17-19-30(20-18-28)41-36-9-3-5-11-38(36)42(39-12-6-4-10-37(39)41)35-16-8-14-33-32(13-7-15-34(33)35)31-23-26-44-40(27-31)29-21-24-43-25-22-29/h3-24,27,43-44H,2,25-26H2,1H3/p+1. The second-order valence-electron chi connectivity index (χ2n) is 11.7. The third-order valence-corrected chi connectivity index (χ3v) is 9.20. The number of allylic oxidation sites excluding steroid dienone is 3. The van der Waals surface area contributed by atoms with Gasteiger partial charge in [-0.05, 0) is 89.8 Å². The summed E-state index contributed by atoms with van der Waals surface area (Å²) >= 11 is 0. The molecule has 0 aromatic heterocycles. The fourth-order valence-electron chi connectivity index (χ4n) is 7.04. The highest BCUT2D eigenvalue weighted by molar-refractivity contribution is 6.23. The molecule has 0 fully saturated rings. The first-order valence-corrected chi connectivity index (χ1v) is 15.7. The van der Waals surface area contributed by atoms with Crippen LogP contribution in [0.15, 0.2) is 151 Å². The molecule has 212 valence electrons. The molecule has 0 aliphatic carbocycles. The minimum Gasteiger partial charge on any atom is -0.381 e. The minimum atomic E-state index is 0.822. The van der Waals surface area contributed by atoms with Crippen molar-refractivity contribution in [3.8, 4) is 22.3 Å². The van der Waals surface area contributed by atoms with Crippen LogP contribution in [0.4, 0.5) is 0 Å². The highest BCUT2D eigenvalue weighted by Crippen LogP contribution is 2.45. The van der Waals surface area contributed by atoms with E-state index in [9.17, 15) is 0 Å². The van der Waals surface area contributed by atoms with E-state index in [-0.39, 0.29) is 0 Å². The van der Waals surface area contributed by atoms with Crippen LogP contribution >= 0.6 is 0 Å². The number of hydrogen-bond donors (Lipinski definition) is 2. The summed E-state index contributed by atoms with van der Waals surface area (Å²) in [7, 11) is 0. The van der Waals surface area contributed by atoms with Crippen molar-refractivity contribution in [3.63, 3.8) is 0 Å². The summed E-state index contributed by atoms with van der Waals surface area (Å²) in [6, 6.07) is 40.7. The Kier molecular flexibility index (Phi) is 6.70. The Labute approximate surface area is 258 Å². The average molecular weight is 568 g/mol. The summed E-state index contributed by atoms with van der Waals surface area (Å²) in [5.74, 6) is 0. The van der Waals surface area contributed by atoms with E-state index in [1.807, 2.05) is 0 Å². The molecule has 6 aromatic rings. The zero-order chi connectivity index (χ0) is 29.5. The van der Waals surface area contributed by atoms with Crippen molar-refractivity contribution in [1.82, 2.24) is 5.32 Å². The number of hydrogen-bond acceptors (Lipinski definition) is 1. The SMILES string of the molecule is CCc1ccc(-c2c3ccccc3c(-c3cccc4c(C5=CCNC(C6=CC[NH2+]C=C6)=C5)cccc34)c3ccccc23)cc1. The molecule has 2 aliphatic heterocycles. The zero-order valence-corrected chi connectivity index (χ0v) is 25.0. The van der Waals surface area contributed by atoms with Crippen molar-refractivity contribution >= 4 is 37.9 Å². The van der Waals surface area contributed by atoms with Gasteiger partial charge in [0.2, 0.25) is 0 Å². The maximum Gasteiger partial charge on any atom is 0.0993 e. The van der Waals surface area contributed by atoms with E-state index in [2.05, 4.69) is 157 Å². The molecule has 0 bridgehead atoms. The summed E-state index contributed by atoms with van der Waals surface area (Å²) in [5, 5.41) is 13.5. The van der Waals surface area contributed by atoms with Crippen LogP contribution in [-0.4, -0.2) is 13.1 Å². The number of nitrogens with two attached hydrogens (primary N) is 1. The lowest BCUT2D eigenvalue weighted by atomic mass is 9.84. The lowest BCUT2D eigenvalue weighted by Gasteiger charge is -2.21. The summed E-state index contributed by atoms with van der Waals surface area (Å²) in [6.07, 6.45) is 12.3. The molecular formula is C42H35N2+. The van der Waals surface area contributed by atoms with Crippen molar-refractivity contribution < 1.29 is 5.32 Å². The predicted octanol–water partition coefficient (Wildman–Crippen LogP) is 8.93. The Morgan fingerprint density at radius 3 is 1.84 bits per heavy atom. The van der Waals surface area contributed by atoms with Gasteiger partial charge in [-0.15, -0.1) is 0 Å². The highest BCUT2D eigenvalue weighted by Gasteiger charge is 2.19. The summed E-state index contributed by atoms with van der Waals surface area (Å²) in [6.45, 7) is 4.01. The van der Waals surface area contributed by atoms with Crippen LogP contribution in [0.1, 0.15) is 18.1 Å². The Hall–Kier alpha value is -5.18. The van der Waals surface area contributed by atoms with Crippen LogP contribution in [0.3, 0.4) is 0 Å². The minimum absolute atomic E-state index is 0.822. The second kappa shape index (κ2) is 11.1. The number of nitrogens with one attached hydrogen (secondary N) is 1. The molecule has 2 heteroatoms. The van der Waals surface area contributed by atoms with E-state index in [4.69, 9.17) is 0 Å². The van der Waals surface area contributed by atoms with Crippen LogP contribution in [0.5, 0.6) is 0 Å². The normalized spacial score (nSPS) is 14.8.